The zero-order valence-corrected chi connectivity index (χ0v) is 8.86. The summed E-state index contributed by atoms with van der Waals surface area (Å²) in [4.78, 5) is 13.5. The quantitative estimate of drug-likeness (QED) is 0.778. The number of ether oxygens (including phenoxy) is 1. The molecule has 1 aliphatic heterocycles. The van der Waals surface area contributed by atoms with Gasteiger partial charge in [0.1, 0.15) is 5.75 Å². The van der Waals surface area contributed by atoms with Crippen LogP contribution in [0.2, 0.25) is 0 Å². The van der Waals surface area contributed by atoms with E-state index in [0.29, 0.717) is 17.9 Å². The molecular formula is C11H14N2O2. The average Bonchev–Trinajstić information content (AvgIpc) is 2.51. The predicted molar refractivity (Wildman–Crippen MR) is 56.9 cm³/mol. The second-order valence-corrected chi connectivity index (χ2v) is 3.62. The van der Waals surface area contributed by atoms with Gasteiger partial charge in [-0.2, -0.15) is 0 Å². The lowest BCUT2D eigenvalue weighted by Gasteiger charge is -2.18. The number of likely N-dealkylation sites (N-methyl/N-ethyl adjacent to an activating group) is 1. The molecule has 1 heterocycles. The number of nitrogens with zero attached hydrogens (tertiary/aromatic N) is 1. The molecule has 0 aliphatic carbocycles. The number of amides is 1. The maximum Gasteiger partial charge on any atom is 0.254 e. The fourth-order valence-corrected chi connectivity index (χ4v) is 1.96. The van der Waals surface area contributed by atoms with Crippen molar-refractivity contribution in [2.75, 3.05) is 20.7 Å². The number of rotatable bonds is 2. The third kappa shape index (κ3) is 1.37. The van der Waals surface area contributed by atoms with Gasteiger partial charge in [-0.1, -0.05) is 6.07 Å². The summed E-state index contributed by atoms with van der Waals surface area (Å²) in [6.45, 7) is 0.446. The van der Waals surface area contributed by atoms with Gasteiger partial charge in [-0.05, 0) is 17.7 Å². The molecule has 1 amide bonds. The highest BCUT2D eigenvalue weighted by Gasteiger charge is 2.33. The van der Waals surface area contributed by atoms with Gasteiger partial charge in [-0.25, -0.2) is 0 Å². The topological polar surface area (TPSA) is 55.6 Å². The zero-order chi connectivity index (χ0) is 11.0. The molecule has 0 fully saturated rings. The summed E-state index contributed by atoms with van der Waals surface area (Å²) in [7, 11) is 3.36. The Bertz CT molecular complexity index is 404. The van der Waals surface area contributed by atoms with Crippen molar-refractivity contribution in [2.24, 2.45) is 5.73 Å². The minimum atomic E-state index is -0.00148. The molecule has 0 bridgehead atoms. The van der Waals surface area contributed by atoms with E-state index < -0.39 is 0 Å². The summed E-state index contributed by atoms with van der Waals surface area (Å²) in [5.41, 5.74) is 7.34. The van der Waals surface area contributed by atoms with E-state index in [2.05, 4.69) is 0 Å². The lowest BCUT2D eigenvalue weighted by atomic mass is 10.0. The summed E-state index contributed by atoms with van der Waals surface area (Å²) in [5.74, 6) is 0.715. The normalized spacial score (nSPS) is 19.3. The summed E-state index contributed by atoms with van der Waals surface area (Å²) in [6, 6.07) is 5.53. The van der Waals surface area contributed by atoms with Crippen molar-refractivity contribution >= 4 is 5.91 Å². The number of carbonyl (C=O) groups excluding carboxylic acids is 1. The number of hydrogen-bond acceptors (Lipinski definition) is 3. The third-order valence-corrected chi connectivity index (χ3v) is 2.86. The van der Waals surface area contributed by atoms with E-state index in [9.17, 15) is 4.79 Å². The van der Waals surface area contributed by atoms with Crippen molar-refractivity contribution in [2.45, 2.75) is 6.04 Å². The predicted octanol–water partition coefficient (Wildman–Crippen LogP) is 0.781. The molecule has 0 aromatic heterocycles. The third-order valence-electron chi connectivity index (χ3n) is 2.86. The van der Waals surface area contributed by atoms with Crippen LogP contribution in [0.1, 0.15) is 22.0 Å². The number of benzene rings is 1. The van der Waals surface area contributed by atoms with Crippen molar-refractivity contribution in [3.05, 3.63) is 29.3 Å². The van der Waals surface area contributed by atoms with Gasteiger partial charge in [0.15, 0.2) is 0 Å². The smallest absolute Gasteiger partial charge is 0.254 e. The first kappa shape index (κ1) is 9.98. The summed E-state index contributed by atoms with van der Waals surface area (Å²) < 4.78 is 5.09. The molecule has 0 radical (unpaired) electrons. The van der Waals surface area contributed by atoms with Crippen molar-refractivity contribution in [1.82, 2.24) is 4.90 Å². The van der Waals surface area contributed by atoms with Crippen LogP contribution >= 0.6 is 0 Å². The van der Waals surface area contributed by atoms with Crippen molar-refractivity contribution < 1.29 is 9.53 Å². The van der Waals surface area contributed by atoms with E-state index in [4.69, 9.17) is 10.5 Å². The molecule has 0 spiro atoms. The molecule has 1 atom stereocenters. The number of methoxy groups -OCH3 is 1. The molecule has 2 N–H and O–H groups in total. The molecule has 0 saturated heterocycles. The Morgan fingerprint density at radius 1 is 1.53 bits per heavy atom. The van der Waals surface area contributed by atoms with Crippen molar-refractivity contribution in [1.29, 1.82) is 0 Å². The fraction of sp³-hybridized carbons (Fsp3) is 0.364. The van der Waals surface area contributed by atoms with Crippen LogP contribution in [0, 0.1) is 0 Å². The second-order valence-electron chi connectivity index (χ2n) is 3.62. The first-order valence-corrected chi connectivity index (χ1v) is 4.84. The Kier molecular flexibility index (Phi) is 2.36. The minimum Gasteiger partial charge on any atom is -0.497 e. The summed E-state index contributed by atoms with van der Waals surface area (Å²) in [6.07, 6.45) is 0. The highest BCUT2D eigenvalue weighted by molar-refractivity contribution is 5.99. The Hall–Kier alpha value is -1.55. The van der Waals surface area contributed by atoms with Gasteiger partial charge in [-0.3, -0.25) is 4.79 Å². The maximum atomic E-state index is 11.8. The molecule has 0 unspecified atom stereocenters. The van der Waals surface area contributed by atoms with E-state index >= 15 is 0 Å². The monoisotopic (exact) mass is 206 g/mol. The molecule has 1 aromatic rings. The number of fused-ring (bicyclic) bond motifs is 1. The molecule has 1 aliphatic rings. The highest BCUT2D eigenvalue weighted by atomic mass is 16.5. The van der Waals surface area contributed by atoms with Gasteiger partial charge in [0.25, 0.3) is 5.91 Å². The van der Waals surface area contributed by atoms with Crippen LogP contribution in [0.25, 0.3) is 0 Å². The first-order valence-electron chi connectivity index (χ1n) is 4.84. The SMILES string of the molecule is COc1ccc2c(c1)C(=O)N(C)[C@H]2CN. The molecular weight excluding hydrogens is 192 g/mol. The van der Waals surface area contributed by atoms with Gasteiger partial charge in [0, 0.05) is 19.2 Å². The molecule has 0 saturated carbocycles. The van der Waals surface area contributed by atoms with E-state index in [1.165, 1.54) is 0 Å². The Morgan fingerprint density at radius 2 is 2.27 bits per heavy atom. The Morgan fingerprint density at radius 3 is 2.87 bits per heavy atom. The van der Waals surface area contributed by atoms with Crippen LogP contribution in [0.15, 0.2) is 18.2 Å². The minimum absolute atomic E-state index is 0.00148. The van der Waals surface area contributed by atoms with Crippen LogP contribution < -0.4 is 10.5 Å². The van der Waals surface area contributed by atoms with Crippen molar-refractivity contribution in [3.63, 3.8) is 0 Å². The molecule has 4 nitrogen and oxygen atoms in total. The van der Waals surface area contributed by atoms with E-state index in [0.717, 1.165) is 5.56 Å². The van der Waals surface area contributed by atoms with Crippen LogP contribution in [0.3, 0.4) is 0 Å². The van der Waals surface area contributed by atoms with Gasteiger partial charge >= 0.3 is 0 Å². The number of hydrogen-bond donors (Lipinski definition) is 1. The van der Waals surface area contributed by atoms with Gasteiger partial charge in [0.2, 0.25) is 0 Å². The van der Waals surface area contributed by atoms with Crippen LogP contribution in [0.4, 0.5) is 0 Å². The zero-order valence-electron chi connectivity index (χ0n) is 8.86. The summed E-state index contributed by atoms with van der Waals surface area (Å²) >= 11 is 0. The van der Waals surface area contributed by atoms with Gasteiger partial charge in [-0.15, -0.1) is 0 Å². The second kappa shape index (κ2) is 3.55. The molecule has 4 heteroatoms. The van der Waals surface area contributed by atoms with E-state index in [1.807, 2.05) is 12.1 Å². The van der Waals surface area contributed by atoms with E-state index in [-0.39, 0.29) is 11.9 Å². The number of carbonyl (C=O) groups is 1. The standard InChI is InChI=1S/C11H14N2O2/c1-13-10(6-12)8-4-3-7(15-2)5-9(8)11(13)14/h3-5,10H,6,12H2,1-2H3/t10-/m0/s1. The highest BCUT2D eigenvalue weighted by Crippen LogP contribution is 2.33. The fourth-order valence-electron chi connectivity index (χ4n) is 1.96. The largest absolute Gasteiger partial charge is 0.497 e. The molecule has 15 heavy (non-hydrogen) atoms. The first-order chi connectivity index (χ1) is 7.19. The van der Waals surface area contributed by atoms with Crippen molar-refractivity contribution in [3.8, 4) is 5.75 Å². The number of nitrogens with two attached hydrogens (primary N) is 1. The van der Waals surface area contributed by atoms with Crippen LogP contribution in [0.5, 0.6) is 5.75 Å². The molecule has 1 aromatic carbocycles. The summed E-state index contributed by atoms with van der Waals surface area (Å²) in [5, 5.41) is 0. The Balaban J connectivity index is 2.50. The van der Waals surface area contributed by atoms with Gasteiger partial charge < -0.3 is 15.4 Å². The lowest BCUT2D eigenvalue weighted by Crippen LogP contribution is -2.28. The van der Waals surface area contributed by atoms with Crippen LogP contribution in [-0.4, -0.2) is 31.5 Å². The van der Waals surface area contributed by atoms with Crippen LogP contribution in [-0.2, 0) is 0 Å². The van der Waals surface area contributed by atoms with Gasteiger partial charge in [0.05, 0.1) is 13.2 Å². The Labute approximate surface area is 88.6 Å². The molecule has 2 rings (SSSR count). The molecule has 80 valence electrons. The maximum absolute atomic E-state index is 11.8. The average molecular weight is 206 g/mol. The lowest BCUT2D eigenvalue weighted by molar-refractivity contribution is 0.0778. The van der Waals surface area contributed by atoms with E-state index in [1.54, 1.807) is 25.1 Å².